The van der Waals surface area contributed by atoms with Crippen molar-refractivity contribution in [1.82, 2.24) is 14.9 Å². The zero-order valence-electron chi connectivity index (χ0n) is 26.1. The topological polar surface area (TPSA) is 117 Å². The largest absolute Gasteiger partial charge is 0.453 e. The predicted molar refractivity (Wildman–Crippen MR) is 178 cm³/mol. The maximum Gasteiger partial charge on any atom is 0.407 e. The summed E-state index contributed by atoms with van der Waals surface area (Å²) in [7, 11) is -2.76. The van der Waals surface area contributed by atoms with Crippen molar-refractivity contribution in [1.29, 1.82) is 0 Å². The number of anilines is 1. The fraction of sp³-hybridized carbons (Fsp3) is 0.394. The fourth-order valence-electron chi connectivity index (χ4n) is 6.03. The van der Waals surface area contributed by atoms with Crippen molar-refractivity contribution in [3.63, 3.8) is 0 Å². The molecule has 1 saturated heterocycles. The van der Waals surface area contributed by atoms with E-state index in [1.165, 1.54) is 35.7 Å². The molecular weight excluding hydrogens is 654 g/mol. The summed E-state index contributed by atoms with van der Waals surface area (Å²) in [6, 6.07) is 15.7. The van der Waals surface area contributed by atoms with E-state index in [0.717, 1.165) is 5.56 Å². The first kappa shape index (κ1) is 35.6. The van der Waals surface area contributed by atoms with Crippen molar-refractivity contribution in [2.45, 2.75) is 62.6 Å². The van der Waals surface area contributed by atoms with Crippen molar-refractivity contribution in [2.24, 2.45) is 5.92 Å². The van der Waals surface area contributed by atoms with Crippen LogP contribution in [0.2, 0.25) is 10.0 Å². The normalized spacial score (nSPS) is 18.5. The number of carbonyl (C=O) groups is 2. The molecule has 0 bridgehead atoms. The monoisotopic (exact) mass is 692 g/mol. The molecule has 3 N–H and O–H groups in total. The minimum atomic E-state index is -3.97. The van der Waals surface area contributed by atoms with Crippen LogP contribution in [0.25, 0.3) is 0 Å². The Bertz CT molecular complexity index is 1640. The van der Waals surface area contributed by atoms with Gasteiger partial charge in [0.25, 0.3) is 0 Å². The Balaban J connectivity index is 1.62. The first-order valence-corrected chi connectivity index (χ1v) is 17.2. The smallest absolute Gasteiger partial charge is 0.407 e. The highest BCUT2D eigenvalue weighted by Crippen LogP contribution is 2.33. The number of rotatable bonds is 11. The molecule has 0 unspecified atom stereocenters. The molecule has 0 aliphatic carbocycles. The molecule has 46 heavy (non-hydrogen) atoms. The van der Waals surface area contributed by atoms with E-state index in [1.54, 1.807) is 42.5 Å². The first-order valence-electron chi connectivity index (χ1n) is 15.0. The van der Waals surface area contributed by atoms with Crippen molar-refractivity contribution in [3.05, 3.63) is 93.7 Å². The maximum atomic E-state index is 15.4. The highest BCUT2D eigenvalue weighted by molar-refractivity contribution is 7.89. The summed E-state index contributed by atoms with van der Waals surface area (Å²) < 4.78 is 49.3. The van der Waals surface area contributed by atoms with Gasteiger partial charge >= 0.3 is 6.09 Å². The number of nitrogens with one attached hydrogen (secondary N) is 3. The number of halogens is 3. The Morgan fingerprint density at radius 1 is 1.04 bits per heavy atom. The SMILES string of the molecule is COC(=O)N[C@H](C(=O)Nc1cccc(F)c1CC[C@H]1CNC[C@H](C)N1S(=O)(=O)c1ccccc1Cl)[C@@H](c1ccc(Cl)cc1)C(C)C. The third-order valence-electron chi connectivity index (χ3n) is 8.18. The summed E-state index contributed by atoms with van der Waals surface area (Å²) >= 11 is 12.4. The van der Waals surface area contributed by atoms with Crippen LogP contribution in [-0.2, 0) is 26.0 Å². The lowest BCUT2D eigenvalue weighted by molar-refractivity contribution is -0.118. The van der Waals surface area contributed by atoms with Gasteiger partial charge in [-0.3, -0.25) is 4.79 Å². The van der Waals surface area contributed by atoms with Gasteiger partial charge in [0, 0.05) is 47.4 Å². The summed E-state index contributed by atoms with van der Waals surface area (Å²) in [5.41, 5.74) is 1.21. The van der Waals surface area contributed by atoms with Crippen LogP contribution in [0, 0.1) is 11.7 Å². The standard InChI is InChI=1S/C33H39Cl2FN4O5S/c1-20(2)30(22-12-14-23(34)15-13-22)31(39-33(42)45-4)32(41)38-28-10-7-9-27(36)25(28)17-16-24-19-37-18-21(3)40(24)46(43,44)29-11-6-5-8-26(29)35/h5-15,20-21,24,30-31,37H,16-19H2,1-4H3,(H,38,41)(H,39,42)/t21-,24-,30+,31-/m0/s1. The number of hydrogen-bond donors (Lipinski definition) is 3. The van der Waals surface area contributed by atoms with Gasteiger partial charge in [-0.2, -0.15) is 4.31 Å². The predicted octanol–water partition coefficient (Wildman–Crippen LogP) is 6.22. The molecule has 4 atom stereocenters. The van der Waals surface area contributed by atoms with Crippen LogP contribution < -0.4 is 16.0 Å². The van der Waals surface area contributed by atoms with E-state index in [2.05, 4.69) is 16.0 Å². The molecule has 0 aromatic heterocycles. The minimum absolute atomic E-state index is 0.0128. The summed E-state index contributed by atoms with van der Waals surface area (Å²) in [5.74, 6) is -1.70. The highest BCUT2D eigenvalue weighted by atomic mass is 35.5. The molecule has 248 valence electrons. The number of amides is 2. The molecule has 13 heteroatoms. The van der Waals surface area contributed by atoms with Crippen LogP contribution in [-0.4, -0.2) is 63.0 Å². The minimum Gasteiger partial charge on any atom is -0.453 e. The van der Waals surface area contributed by atoms with Gasteiger partial charge in [-0.15, -0.1) is 0 Å². The molecule has 4 rings (SSSR count). The number of carbonyl (C=O) groups excluding carboxylic acids is 2. The zero-order chi connectivity index (χ0) is 33.6. The van der Waals surface area contributed by atoms with E-state index in [-0.39, 0.29) is 46.0 Å². The number of hydrogen-bond acceptors (Lipinski definition) is 6. The zero-order valence-corrected chi connectivity index (χ0v) is 28.4. The number of benzene rings is 3. The second-order valence-corrected chi connectivity index (χ2v) is 14.3. The Labute approximate surface area is 279 Å². The molecule has 1 aliphatic rings. The average Bonchev–Trinajstić information content (AvgIpc) is 3.01. The Kier molecular flexibility index (Phi) is 12.1. The molecule has 1 fully saturated rings. The number of nitrogens with zero attached hydrogens (tertiary/aromatic N) is 1. The highest BCUT2D eigenvalue weighted by Gasteiger charge is 2.39. The van der Waals surface area contributed by atoms with Gasteiger partial charge in [-0.25, -0.2) is 17.6 Å². The van der Waals surface area contributed by atoms with E-state index >= 15 is 4.39 Å². The van der Waals surface area contributed by atoms with E-state index < -0.39 is 45.8 Å². The lowest BCUT2D eigenvalue weighted by atomic mass is 9.82. The third kappa shape index (κ3) is 8.19. The summed E-state index contributed by atoms with van der Waals surface area (Å²) in [6.07, 6.45) is -0.415. The molecule has 2 amide bonds. The second kappa shape index (κ2) is 15.6. The fourth-order valence-corrected chi connectivity index (χ4v) is 8.50. The first-order chi connectivity index (χ1) is 21.8. The van der Waals surface area contributed by atoms with Crippen LogP contribution in [0.3, 0.4) is 0 Å². The molecule has 3 aromatic rings. The quantitative estimate of drug-likeness (QED) is 0.220. The van der Waals surface area contributed by atoms with E-state index in [9.17, 15) is 18.0 Å². The molecule has 0 spiro atoms. The number of sulfonamides is 1. The van der Waals surface area contributed by atoms with Gasteiger partial charge in [0.2, 0.25) is 15.9 Å². The van der Waals surface area contributed by atoms with Crippen LogP contribution in [0.1, 0.15) is 44.2 Å². The van der Waals surface area contributed by atoms with Gasteiger partial charge in [0.05, 0.1) is 12.1 Å². The lowest BCUT2D eigenvalue weighted by Crippen LogP contribution is -2.58. The van der Waals surface area contributed by atoms with Gasteiger partial charge in [-0.1, -0.05) is 67.4 Å². The summed E-state index contributed by atoms with van der Waals surface area (Å²) in [4.78, 5) is 26.3. The Morgan fingerprint density at radius 2 is 1.74 bits per heavy atom. The van der Waals surface area contributed by atoms with Crippen molar-refractivity contribution >= 4 is 50.9 Å². The summed E-state index contributed by atoms with van der Waals surface area (Å²) in [5, 5.41) is 9.40. The van der Waals surface area contributed by atoms with Crippen LogP contribution >= 0.6 is 23.2 Å². The summed E-state index contributed by atoms with van der Waals surface area (Å²) in [6.45, 7) is 6.46. The lowest BCUT2D eigenvalue weighted by Gasteiger charge is -2.40. The third-order valence-corrected chi connectivity index (χ3v) is 11.0. The number of alkyl carbamates (subject to hydrolysis) is 1. The van der Waals surface area contributed by atoms with E-state index in [1.807, 2.05) is 20.8 Å². The van der Waals surface area contributed by atoms with Crippen LogP contribution in [0.4, 0.5) is 14.9 Å². The molecule has 1 heterocycles. The van der Waals surface area contributed by atoms with Gasteiger partial charge in [-0.05, 0) is 67.6 Å². The van der Waals surface area contributed by atoms with Crippen molar-refractivity contribution in [2.75, 3.05) is 25.5 Å². The molecule has 3 aromatic carbocycles. The molecule has 0 saturated carbocycles. The van der Waals surface area contributed by atoms with Crippen LogP contribution in [0.15, 0.2) is 71.6 Å². The van der Waals surface area contributed by atoms with E-state index in [4.69, 9.17) is 27.9 Å². The van der Waals surface area contributed by atoms with Gasteiger partial charge < -0.3 is 20.7 Å². The molecule has 0 radical (unpaired) electrons. The van der Waals surface area contributed by atoms with Gasteiger partial charge in [0.15, 0.2) is 0 Å². The molecule has 1 aliphatic heterocycles. The van der Waals surface area contributed by atoms with Gasteiger partial charge in [0.1, 0.15) is 16.8 Å². The average molecular weight is 694 g/mol. The van der Waals surface area contributed by atoms with Crippen molar-refractivity contribution < 1.29 is 27.1 Å². The number of piperazine rings is 1. The number of methoxy groups -OCH3 is 1. The van der Waals surface area contributed by atoms with Crippen LogP contribution in [0.5, 0.6) is 0 Å². The number of ether oxygens (including phenoxy) is 1. The maximum absolute atomic E-state index is 15.4. The van der Waals surface area contributed by atoms with Crippen molar-refractivity contribution in [3.8, 4) is 0 Å². The Hall–Kier alpha value is -3.22. The Morgan fingerprint density at radius 3 is 2.39 bits per heavy atom. The molecule has 9 nitrogen and oxygen atoms in total. The molecular formula is C33H39Cl2FN4O5S. The second-order valence-electron chi connectivity index (χ2n) is 11.7. The van der Waals surface area contributed by atoms with E-state index in [0.29, 0.717) is 18.1 Å².